The van der Waals surface area contributed by atoms with Crippen molar-refractivity contribution >= 4 is 22.2 Å². The van der Waals surface area contributed by atoms with E-state index in [0.717, 1.165) is 33.2 Å². The largest absolute Gasteiger partial charge is 0.497 e. The summed E-state index contributed by atoms with van der Waals surface area (Å²) >= 11 is 0. The molecule has 5 heteroatoms. The monoisotopic (exact) mass is 364 g/mol. The van der Waals surface area contributed by atoms with E-state index in [-0.39, 0.29) is 0 Å². The molecular weight excluding hydrogens is 344 g/mol. The molecule has 0 aliphatic rings. The molecule has 1 unspecified atom stereocenters. The molecule has 26 heavy (non-hydrogen) atoms. The number of hydrogen-bond donors (Lipinski definition) is 0. The number of rotatable bonds is 6. The zero-order valence-electron chi connectivity index (χ0n) is 14.8. The molecule has 0 N–H and O–H groups in total. The lowest BCUT2D eigenvalue weighted by Gasteiger charge is -2.08. The van der Waals surface area contributed by atoms with E-state index in [1.54, 1.807) is 19.5 Å². The maximum atomic E-state index is 12.8. The molecule has 0 amide bonds. The van der Waals surface area contributed by atoms with Gasteiger partial charge in [0.05, 0.1) is 35.1 Å². The first-order chi connectivity index (χ1) is 12.7. The van der Waals surface area contributed by atoms with Crippen molar-refractivity contribution < 1.29 is 8.95 Å². The molecule has 0 saturated carbocycles. The third-order valence-corrected chi connectivity index (χ3v) is 5.22. The van der Waals surface area contributed by atoms with E-state index < -0.39 is 10.8 Å². The summed E-state index contributed by atoms with van der Waals surface area (Å²) in [5.41, 5.74) is 3.53. The SMILES string of the molecule is COc1ccc(N=C(CS(=O)c2ccc(C)cc2)c2cccnc2)cc1. The van der Waals surface area contributed by atoms with Crippen molar-refractivity contribution in [2.45, 2.75) is 11.8 Å². The first kappa shape index (κ1) is 18.0. The molecule has 3 aromatic rings. The molecule has 1 atom stereocenters. The van der Waals surface area contributed by atoms with E-state index in [1.165, 1.54) is 0 Å². The predicted octanol–water partition coefficient (Wildman–Crippen LogP) is 4.33. The molecule has 0 aliphatic carbocycles. The molecule has 0 saturated heterocycles. The Balaban J connectivity index is 1.91. The highest BCUT2D eigenvalue weighted by Gasteiger charge is 2.11. The van der Waals surface area contributed by atoms with Crippen molar-refractivity contribution in [1.29, 1.82) is 0 Å². The standard InChI is InChI=1S/C21H20N2O2S/c1-16-5-11-20(12-6-16)26(24)15-21(17-4-3-13-22-14-17)23-18-7-9-19(25-2)10-8-18/h3-14H,15H2,1-2H3. The Hall–Kier alpha value is -2.79. The minimum atomic E-state index is -1.19. The Morgan fingerprint density at radius 1 is 1.08 bits per heavy atom. The second-order valence-corrected chi connectivity index (χ2v) is 7.25. The zero-order valence-corrected chi connectivity index (χ0v) is 15.6. The lowest BCUT2D eigenvalue weighted by molar-refractivity contribution is 0.415. The van der Waals surface area contributed by atoms with Crippen molar-refractivity contribution in [3.05, 3.63) is 84.2 Å². The summed E-state index contributed by atoms with van der Waals surface area (Å²) in [6, 6.07) is 19.0. The fourth-order valence-corrected chi connectivity index (χ4v) is 3.51. The van der Waals surface area contributed by atoms with Crippen LogP contribution in [0.5, 0.6) is 5.75 Å². The molecule has 0 bridgehead atoms. The summed E-state index contributed by atoms with van der Waals surface area (Å²) in [6.07, 6.45) is 3.46. The van der Waals surface area contributed by atoms with Crippen LogP contribution < -0.4 is 4.74 Å². The predicted molar refractivity (Wildman–Crippen MR) is 106 cm³/mol. The van der Waals surface area contributed by atoms with Crippen LogP contribution in [-0.2, 0) is 10.8 Å². The Labute approximate surface area is 156 Å². The van der Waals surface area contributed by atoms with Gasteiger partial charge >= 0.3 is 0 Å². The van der Waals surface area contributed by atoms with Crippen LogP contribution in [0.3, 0.4) is 0 Å². The number of hydrogen-bond acceptors (Lipinski definition) is 4. The van der Waals surface area contributed by atoms with Gasteiger partial charge in [0.15, 0.2) is 0 Å². The normalized spacial score (nSPS) is 12.6. The van der Waals surface area contributed by atoms with Gasteiger partial charge in [-0.15, -0.1) is 0 Å². The Morgan fingerprint density at radius 2 is 1.81 bits per heavy atom. The van der Waals surface area contributed by atoms with Crippen LogP contribution >= 0.6 is 0 Å². The lowest BCUT2D eigenvalue weighted by Crippen LogP contribution is -2.12. The van der Waals surface area contributed by atoms with E-state index in [0.29, 0.717) is 5.75 Å². The number of aliphatic imine (C=N–C) groups is 1. The molecular formula is C21H20N2O2S. The van der Waals surface area contributed by atoms with Crippen molar-refractivity contribution in [1.82, 2.24) is 4.98 Å². The fraction of sp³-hybridized carbons (Fsp3) is 0.143. The van der Waals surface area contributed by atoms with Crippen molar-refractivity contribution in [2.24, 2.45) is 4.99 Å². The van der Waals surface area contributed by atoms with Crippen LogP contribution in [0, 0.1) is 6.92 Å². The maximum absolute atomic E-state index is 12.8. The minimum Gasteiger partial charge on any atom is -0.497 e. The second kappa shape index (κ2) is 8.54. The van der Waals surface area contributed by atoms with E-state index in [1.807, 2.05) is 67.6 Å². The number of aryl methyl sites for hydroxylation is 1. The number of aromatic nitrogens is 1. The Kier molecular flexibility index (Phi) is 5.92. The van der Waals surface area contributed by atoms with Crippen LogP contribution in [-0.4, -0.2) is 27.8 Å². The van der Waals surface area contributed by atoms with Gasteiger partial charge in [-0.3, -0.25) is 14.2 Å². The highest BCUT2D eigenvalue weighted by atomic mass is 32.2. The number of methoxy groups -OCH3 is 1. The summed E-state index contributed by atoms with van der Waals surface area (Å²) in [5.74, 6) is 1.09. The van der Waals surface area contributed by atoms with Gasteiger partial charge < -0.3 is 4.74 Å². The summed E-state index contributed by atoms with van der Waals surface area (Å²) in [7, 11) is 0.444. The van der Waals surface area contributed by atoms with Gasteiger partial charge in [0.1, 0.15) is 5.75 Å². The summed E-state index contributed by atoms with van der Waals surface area (Å²) < 4.78 is 18.0. The number of benzene rings is 2. The lowest BCUT2D eigenvalue weighted by atomic mass is 10.2. The molecule has 2 aromatic carbocycles. The number of pyridine rings is 1. The highest BCUT2D eigenvalue weighted by molar-refractivity contribution is 7.85. The van der Waals surface area contributed by atoms with E-state index in [2.05, 4.69) is 4.98 Å². The molecule has 3 rings (SSSR count). The fourth-order valence-electron chi connectivity index (χ4n) is 2.42. The van der Waals surface area contributed by atoms with Gasteiger partial charge in [0, 0.05) is 22.9 Å². The minimum absolute atomic E-state index is 0.320. The quantitative estimate of drug-likeness (QED) is 0.612. The molecule has 4 nitrogen and oxygen atoms in total. The third-order valence-electron chi connectivity index (χ3n) is 3.88. The first-order valence-corrected chi connectivity index (χ1v) is 9.54. The van der Waals surface area contributed by atoms with E-state index in [4.69, 9.17) is 9.73 Å². The van der Waals surface area contributed by atoms with Gasteiger partial charge in [0.25, 0.3) is 0 Å². The summed E-state index contributed by atoms with van der Waals surface area (Å²) in [6.45, 7) is 2.01. The Morgan fingerprint density at radius 3 is 2.42 bits per heavy atom. The van der Waals surface area contributed by atoms with Crippen LogP contribution in [0.25, 0.3) is 0 Å². The zero-order chi connectivity index (χ0) is 18.4. The number of ether oxygens (including phenoxy) is 1. The summed E-state index contributed by atoms with van der Waals surface area (Å²) in [5, 5.41) is 0. The van der Waals surface area contributed by atoms with Crippen molar-refractivity contribution in [3.8, 4) is 5.75 Å². The van der Waals surface area contributed by atoms with Crippen LogP contribution in [0.1, 0.15) is 11.1 Å². The summed E-state index contributed by atoms with van der Waals surface area (Å²) in [4.78, 5) is 9.68. The van der Waals surface area contributed by atoms with E-state index >= 15 is 0 Å². The molecule has 0 aliphatic heterocycles. The molecule has 1 aromatic heterocycles. The second-order valence-electron chi connectivity index (χ2n) is 5.80. The maximum Gasteiger partial charge on any atom is 0.119 e. The third kappa shape index (κ3) is 4.64. The molecule has 0 radical (unpaired) electrons. The highest BCUT2D eigenvalue weighted by Crippen LogP contribution is 2.20. The smallest absolute Gasteiger partial charge is 0.119 e. The van der Waals surface area contributed by atoms with Gasteiger partial charge in [-0.1, -0.05) is 23.8 Å². The molecule has 0 spiro atoms. The van der Waals surface area contributed by atoms with Gasteiger partial charge in [-0.2, -0.15) is 0 Å². The van der Waals surface area contributed by atoms with Crippen molar-refractivity contribution in [2.75, 3.05) is 12.9 Å². The van der Waals surface area contributed by atoms with Crippen LogP contribution in [0.2, 0.25) is 0 Å². The average molecular weight is 364 g/mol. The average Bonchev–Trinajstić information content (AvgIpc) is 2.69. The van der Waals surface area contributed by atoms with Crippen LogP contribution in [0.4, 0.5) is 5.69 Å². The molecule has 0 fully saturated rings. The number of nitrogens with zero attached hydrogens (tertiary/aromatic N) is 2. The first-order valence-electron chi connectivity index (χ1n) is 8.23. The van der Waals surface area contributed by atoms with Crippen molar-refractivity contribution in [3.63, 3.8) is 0 Å². The van der Waals surface area contributed by atoms with Gasteiger partial charge in [-0.25, -0.2) is 0 Å². The Bertz CT molecular complexity index is 905. The molecule has 1 heterocycles. The topological polar surface area (TPSA) is 51.5 Å². The van der Waals surface area contributed by atoms with Gasteiger partial charge in [0.2, 0.25) is 0 Å². The molecule has 132 valence electrons. The van der Waals surface area contributed by atoms with Crippen LogP contribution in [0.15, 0.2) is 82.9 Å². The van der Waals surface area contributed by atoms with E-state index in [9.17, 15) is 4.21 Å². The van der Waals surface area contributed by atoms with Gasteiger partial charge in [-0.05, 0) is 49.4 Å².